The van der Waals surface area contributed by atoms with Gasteiger partial charge < -0.3 is 19.0 Å². The summed E-state index contributed by atoms with van der Waals surface area (Å²) in [5.41, 5.74) is 2.74. The smallest absolute Gasteiger partial charge is 0.257 e. The van der Waals surface area contributed by atoms with Crippen molar-refractivity contribution in [1.82, 2.24) is 9.88 Å². The Labute approximate surface area is 175 Å². The van der Waals surface area contributed by atoms with Crippen LogP contribution in [0, 0.1) is 18.3 Å². The number of aromatic nitrogens is 1. The van der Waals surface area contributed by atoms with Gasteiger partial charge in [0.15, 0.2) is 0 Å². The minimum atomic E-state index is -0.0642. The average molecular weight is 402 g/mol. The highest BCUT2D eigenvalue weighted by Gasteiger charge is 2.28. The van der Waals surface area contributed by atoms with Crippen molar-refractivity contribution in [3.63, 3.8) is 0 Å². The number of hydrogen-bond acceptors (Lipinski definition) is 6. The molecule has 3 aromatic rings. The fraction of sp³-hybridized carbons (Fsp3) is 0.261. The van der Waals surface area contributed by atoms with Crippen LogP contribution in [0.4, 0.5) is 5.88 Å². The molecular formula is C23H22N4O3. The first-order chi connectivity index (χ1) is 14.6. The van der Waals surface area contributed by atoms with E-state index >= 15 is 0 Å². The molecule has 1 fully saturated rings. The van der Waals surface area contributed by atoms with E-state index in [1.165, 1.54) is 0 Å². The minimum Gasteiger partial charge on any atom is -0.496 e. The van der Waals surface area contributed by atoms with Crippen molar-refractivity contribution >= 4 is 11.8 Å². The molecule has 1 amide bonds. The molecule has 0 spiro atoms. The van der Waals surface area contributed by atoms with Gasteiger partial charge in [0.1, 0.15) is 11.8 Å². The third kappa shape index (κ3) is 3.72. The highest BCUT2D eigenvalue weighted by molar-refractivity contribution is 5.97. The number of nitriles is 1. The molecule has 1 aliphatic rings. The lowest BCUT2D eigenvalue weighted by atomic mass is 10.1. The summed E-state index contributed by atoms with van der Waals surface area (Å²) in [5.74, 6) is 1.39. The standard InChI is InChI=1S/C23H22N4O3/c1-16-6-5-7-17(14-16)21-25-19(15-24)23(30-21)27-12-10-26(11-13-27)22(28)18-8-3-4-9-20(18)29-2/h3-9,14H,10-13H2,1-2H3. The van der Waals surface area contributed by atoms with Crippen LogP contribution >= 0.6 is 0 Å². The second kappa shape index (κ2) is 8.29. The monoisotopic (exact) mass is 402 g/mol. The molecule has 152 valence electrons. The maximum Gasteiger partial charge on any atom is 0.257 e. The van der Waals surface area contributed by atoms with Gasteiger partial charge in [0.25, 0.3) is 5.91 Å². The molecule has 1 saturated heterocycles. The van der Waals surface area contributed by atoms with E-state index in [1.807, 2.05) is 48.2 Å². The summed E-state index contributed by atoms with van der Waals surface area (Å²) in [6.07, 6.45) is 0. The number of para-hydroxylation sites is 1. The van der Waals surface area contributed by atoms with Gasteiger partial charge in [0, 0.05) is 31.7 Å². The van der Waals surface area contributed by atoms with Crippen LogP contribution in [0.25, 0.3) is 11.5 Å². The molecule has 0 bridgehead atoms. The summed E-state index contributed by atoms with van der Waals surface area (Å²) in [4.78, 5) is 21.0. The maximum absolute atomic E-state index is 12.9. The Morgan fingerprint density at radius 2 is 1.90 bits per heavy atom. The fourth-order valence-corrected chi connectivity index (χ4v) is 3.61. The summed E-state index contributed by atoms with van der Waals surface area (Å²) in [6, 6.07) is 17.2. The highest BCUT2D eigenvalue weighted by atomic mass is 16.5. The number of aryl methyl sites for hydroxylation is 1. The van der Waals surface area contributed by atoms with Crippen molar-refractivity contribution in [3.05, 3.63) is 65.4 Å². The number of ether oxygens (including phenoxy) is 1. The molecule has 0 unspecified atom stereocenters. The normalized spacial score (nSPS) is 13.8. The van der Waals surface area contributed by atoms with Crippen LogP contribution in [0.3, 0.4) is 0 Å². The Morgan fingerprint density at radius 3 is 2.60 bits per heavy atom. The quantitative estimate of drug-likeness (QED) is 0.664. The Bertz CT molecular complexity index is 1110. The molecule has 0 saturated carbocycles. The third-order valence-electron chi connectivity index (χ3n) is 5.17. The lowest BCUT2D eigenvalue weighted by molar-refractivity contribution is 0.0742. The van der Waals surface area contributed by atoms with Crippen molar-refractivity contribution in [2.45, 2.75) is 6.92 Å². The minimum absolute atomic E-state index is 0.0642. The van der Waals surface area contributed by atoms with E-state index in [0.29, 0.717) is 49.3 Å². The van der Waals surface area contributed by atoms with Gasteiger partial charge in [-0.05, 0) is 31.2 Å². The Morgan fingerprint density at radius 1 is 1.13 bits per heavy atom. The number of amides is 1. The van der Waals surface area contributed by atoms with E-state index in [9.17, 15) is 10.1 Å². The van der Waals surface area contributed by atoms with Gasteiger partial charge in [-0.2, -0.15) is 10.2 Å². The predicted molar refractivity (Wildman–Crippen MR) is 113 cm³/mol. The maximum atomic E-state index is 12.9. The number of piperazine rings is 1. The lowest BCUT2D eigenvalue weighted by Gasteiger charge is -2.34. The third-order valence-corrected chi connectivity index (χ3v) is 5.17. The van der Waals surface area contributed by atoms with Crippen molar-refractivity contribution in [3.8, 4) is 23.3 Å². The van der Waals surface area contributed by atoms with Gasteiger partial charge in [-0.25, -0.2) is 0 Å². The molecule has 0 N–H and O–H groups in total. The van der Waals surface area contributed by atoms with Gasteiger partial charge in [-0.1, -0.05) is 29.8 Å². The fourth-order valence-electron chi connectivity index (χ4n) is 3.61. The van der Waals surface area contributed by atoms with Crippen LogP contribution in [0.15, 0.2) is 52.9 Å². The van der Waals surface area contributed by atoms with Crippen LogP contribution in [0.2, 0.25) is 0 Å². The molecule has 2 aromatic carbocycles. The zero-order chi connectivity index (χ0) is 21.1. The van der Waals surface area contributed by atoms with Crippen molar-refractivity contribution in [2.24, 2.45) is 0 Å². The van der Waals surface area contributed by atoms with Crippen molar-refractivity contribution in [2.75, 3.05) is 38.2 Å². The van der Waals surface area contributed by atoms with Crippen LogP contribution in [0.5, 0.6) is 5.75 Å². The van der Waals surface area contributed by atoms with Crippen LogP contribution < -0.4 is 9.64 Å². The molecule has 7 nitrogen and oxygen atoms in total. The van der Waals surface area contributed by atoms with Gasteiger partial charge in [0.2, 0.25) is 17.5 Å². The second-order valence-corrected chi connectivity index (χ2v) is 7.13. The summed E-state index contributed by atoms with van der Waals surface area (Å²) in [5, 5.41) is 9.53. The summed E-state index contributed by atoms with van der Waals surface area (Å²) < 4.78 is 11.3. The topological polar surface area (TPSA) is 82.6 Å². The number of carbonyl (C=O) groups is 1. The molecule has 4 rings (SSSR count). The van der Waals surface area contributed by atoms with E-state index in [1.54, 1.807) is 24.1 Å². The van der Waals surface area contributed by atoms with E-state index in [-0.39, 0.29) is 11.6 Å². The Kier molecular flexibility index (Phi) is 5.40. The molecule has 7 heteroatoms. The number of oxazole rings is 1. The first-order valence-corrected chi connectivity index (χ1v) is 9.76. The molecule has 1 aromatic heterocycles. The van der Waals surface area contributed by atoms with E-state index in [4.69, 9.17) is 9.15 Å². The summed E-state index contributed by atoms with van der Waals surface area (Å²) in [7, 11) is 1.56. The number of rotatable bonds is 4. The second-order valence-electron chi connectivity index (χ2n) is 7.13. The molecule has 30 heavy (non-hydrogen) atoms. The van der Waals surface area contributed by atoms with Crippen molar-refractivity contribution in [1.29, 1.82) is 5.26 Å². The largest absolute Gasteiger partial charge is 0.496 e. The molecule has 0 radical (unpaired) electrons. The predicted octanol–water partition coefficient (Wildman–Crippen LogP) is 3.49. The Balaban J connectivity index is 1.50. The van der Waals surface area contributed by atoms with E-state index < -0.39 is 0 Å². The number of nitrogens with zero attached hydrogens (tertiary/aromatic N) is 4. The van der Waals surface area contributed by atoms with Crippen LogP contribution in [0.1, 0.15) is 21.6 Å². The Hall–Kier alpha value is -3.79. The lowest BCUT2D eigenvalue weighted by Crippen LogP contribution is -2.49. The average Bonchev–Trinajstić information content (AvgIpc) is 3.23. The summed E-state index contributed by atoms with van der Waals surface area (Å²) in [6.45, 7) is 4.14. The van der Waals surface area contributed by atoms with Crippen LogP contribution in [-0.2, 0) is 0 Å². The highest BCUT2D eigenvalue weighted by Crippen LogP contribution is 2.29. The molecule has 1 aliphatic heterocycles. The zero-order valence-electron chi connectivity index (χ0n) is 17.0. The molecule has 0 aliphatic carbocycles. The van der Waals surface area contributed by atoms with Gasteiger partial charge >= 0.3 is 0 Å². The van der Waals surface area contributed by atoms with Gasteiger partial charge in [0.05, 0.1) is 12.7 Å². The SMILES string of the molecule is COc1ccccc1C(=O)N1CCN(c2oc(-c3cccc(C)c3)nc2C#N)CC1. The van der Waals surface area contributed by atoms with Crippen molar-refractivity contribution < 1.29 is 13.9 Å². The van der Waals surface area contributed by atoms with Crippen LogP contribution in [-0.4, -0.2) is 49.1 Å². The van der Waals surface area contributed by atoms with E-state index in [0.717, 1.165) is 11.1 Å². The molecular weight excluding hydrogens is 380 g/mol. The first-order valence-electron chi connectivity index (χ1n) is 9.76. The van der Waals surface area contributed by atoms with Gasteiger partial charge in [-0.15, -0.1) is 0 Å². The molecule has 0 atom stereocenters. The zero-order valence-corrected chi connectivity index (χ0v) is 17.0. The number of benzene rings is 2. The van der Waals surface area contributed by atoms with Gasteiger partial charge in [-0.3, -0.25) is 4.79 Å². The number of anilines is 1. The van der Waals surface area contributed by atoms with E-state index in [2.05, 4.69) is 11.1 Å². The number of hydrogen-bond donors (Lipinski definition) is 0. The number of methoxy groups -OCH3 is 1. The molecule has 2 heterocycles. The number of carbonyl (C=O) groups excluding carboxylic acids is 1. The first kappa shape index (κ1) is 19.5. The summed E-state index contributed by atoms with van der Waals surface area (Å²) >= 11 is 0.